The van der Waals surface area contributed by atoms with E-state index in [-0.39, 0.29) is 7.92 Å². The van der Waals surface area contributed by atoms with Crippen LogP contribution in [0, 0.1) is 0 Å². The van der Waals surface area contributed by atoms with Gasteiger partial charge >= 0.3 is 0 Å². The average molecular weight is 165 g/mol. The summed E-state index contributed by atoms with van der Waals surface area (Å²) in [7, 11) is 0.227. The van der Waals surface area contributed by atoms with Gasteiger partial charge in [-0.05, 0) is 31.8 Å². The van der Waals surface area contributed by atoms with Gasteiger partial charge in [0.05, 0.1) is 0 Å². The molecule has 0 bridgehead atoms. The molecule has 0 aromatic heterocycles. The van der Waals surface area contributed by atoms with E-state index >= 15 is 0 Å². The Morgan fingerprint density at radius 3 is 2.22 bits per heavy atom. The van der Waals surface area contributed by atoms with Crippen molar-refractivity contribution in [3.63, 3.8) is 0 Å². The molecule has 0 amide bonds. The van der Waals surface area contributed by atoms with Gasteiger partial charge in [-0.1, -0.05) is 6.42 Å². The molecule has 9 heavy (non-hydrogen) atoms. The SMILES string of the molecule is CP(C)C1CCCC1Cl. The molecule has 0 radical (unpaired) electrons. The van der Waals surface area contributed by atoms with Gasteiger partial charge < -0.3 is 0 Å². The lowest BCUT2D eigenvalue weighted by Gasteiger charge is -2.17. The number of alkyl halides is 1. The van der Waals surface area contributed by atoms with Crippen molar-refractivity contribution in [3.05, 3.63) is 0 Å². The maximum atomic E-state index is 6.09. The van der Waals surface area contributed by atoms with Crippen LogP contribution in [-0.4, -0.2) is 24.4 Å². The van der Waals surface area contributed by atoms with Crippen molar-refractivity contribution in [2.75, 3.05) is 13.3 Å². The van der Waals surface area contributed by atoms with Crippen LogP contribution < -0.4 is 0 Å². The summed E-state index contributed by atoms with van der Waals surface area (Å²) in [4.78, 5) is 0. The van der Waals surface area contributed by atoms with E-state index < -0.39 is 0 Å². The van der Waals surface area contributed by atoms with E-state index in [1.165, 1.54) is 19.3 Å². The first kappa shape index (κ1) is 7.82. The molecule has 2 atom stereocenters. The Balaban J connectivity index is 2.40. The van der Waals surface area contributed by atoms with Gasteiger partial charge in [0.1, 0.15) is 0 Å². The first-order chi connectivity index (χ1) is 4.22. The second-order valence-electron chi connectivity index (χ2n) is 2.98. The monoisotopic (exact) mass is 164 g/mol. The van der Waals surface area contributed by atoms with Crippen LogP contribution in [0.3, 0.4) is 0 Å². The van der Waals surface area contributed by atoms with Gasteiger partial charge in [-0.2, -0.15) is 0 Å². The number of halogens is 1. The molecule has 1 aliphatic rings. The lowest BCUT2D eigenvalue weighted by molar-refractivity contribution is 0.888. The molecule has 54 valence electrons. The van der Waals surface area contributed by atoms with Crippen molar-refractivity contribution in [1.29, 1.82) is 0 Å². The third-order valence-corrected chi connectivity index (χ3v) is 4.70. The van der Waals surface area contributed by atoms with Gasteiger partial charge in [0.2, 0.25) is 0 Å². The van der Waals surface area contributed by atoms with Crippen LogP contribution in [0.5, 0.6) is 0 Å². The van der Waals surface area contributed by atoms with Gasteiger partial charge in [0, 0.05) is 5.38 Å². The predicted molar refractivity (Wildman–Crippen MR) is 46.0 cm³/mol. The standard InChI is InChI=1S/C7H14ClP/c1-9(2)7-5-3-4-6(7)8/h6-7H,3-5H2,1-2H3. The Bertz CT molecular complexity index is 92.9. The largest absolute Gasteiger partial charge is 0.122 e. The summed E-state index contributed by atoms with van der Waals surface area (Å²) in [6.45, 7) is 4.67. The molecule has 2 heteroatoms. The van der Waals surface area contributed by atoms with E-state index in [0.29, 0.717) is 5.38 Å². The fourth-order valence-corrected chi connectivity index (χ4v) is 3.93. The van der Waals surface area contributed by atoms with Crippen LogP contribution in [0.1, 0.15) is 19.3 Å². The molecule has 0 saturated heterocycles. The second-order valence-corrected chi connectivity index (χ2v) is 6.13. The Morgan fingerprint density at radius 1 is 1.33 bits per heavy atom. The number of hydrogen-bond acceptors (Lipinski definition) is 0. The zero-order valence-corrected chi connectivity index (χ0v) is 7.75. The Morgan fingerprint density at radius 2 is 2.00 bits per heavy atom. The first-order valence-electron chi connectivity index (χ1n) is 3.52. The molecule has 1 aliphatic carbocycles. The molecule has 0 aromatic rings. The smallest absolute Gasteiger partial charge is 0.0403 e. The van der Waals surface area contributed by atoms with Crippen LogP contribution >= 0.6 is 19.5 Å². The summed E-state index contributed by atoms with van der Waals surface area (Å²) in [6, 6.07) is 0. The summed E-state index contributed by atoms with van der Waals surface area (Å²) < 4.78 is 0. The minimum Gasteiger partial charge on any atom is -0.122 e. The van der Waals surface area contributed by atoms with Gasteiger partial charge in [-0.25, -0.2) is 0 Å². The van der Waals surface area contributed by atoms with Crippen LogP contribution in [-0.2, 0) is 0 Å². The van der Waals surface area contributed by atoms with Crippen molar-refractivity contribution < 1.29 is 0 Å². The van der Waals surface area contributed by atoms with Crippen LogP contribution in [0.4, 0.5) is 0 Å². The van der Waals surface area contributed by atoms with Crippen molar-refractivity contribution in [2.45, 2.75) is 30.3 Å². The predicted octanol–water partition coefficient (Wildman–Crippen LogP) is 2.89. The topological polar surface area (TPSA) is 0 Å². The summed E-state index contributed by atoms with van der Waals surface area (Å²) in [6.07, 6.45) is 4.00. The third kappa shape index (κ3) is 1.82. The molecule has 0 N–H and O–H groups in total. The molecule has 1 fully saturated rings. The second kappa shape index (κ2) is 3.21. The summed E-state index contributed by atoms with van der Waals surface area (Å²) >= 11 is 6.09. The molecule has 1 rings (SSSR count). The fraction of sp³-hybridized carbons (Fsp3) is 1.00. The molecule has 2 unspecified atom stereocenters. The van der Waals surface area contributed by atoms with Crippen molar-refractivity contribution >= 4 is 19.5 Å². The number of rotatable bonds is 1. The average Bonchev–Trinajstić information content (AvgIpc) is 2.13. The highest BCUT2D eigenvalue weighted by molar-refractivity contribution is 7.56. The molecule has 0 aliphatic heterocycles. The Hall–Kier alpha value is 0.720. The highest BCUT2D eigenvalue weighted by Gasteiger charge is 2.27. The highest BCUT2D eigenvalue weighted by atomic mass is 35.5. The Kier molecular flexibility index (Phi) is 2.79. The lowest BCUT2D eigenvalue weighted by atomic mass is 10.4. The molecular formula is C7H14ClP. The lowest BCUT2D eigenvalue weighted by Crippen LogP contribution is -2.10. The van der Waals surface area contributed by atoms with Crippen molar-refractivity contribution in [1.82, 2.24) is 0 Å². The fourth-order valence-electron chi connectivity index (χ4n) is 1.48. The third-order valence-electron chi connectivity index (χ3n) is 2.06. The normalized spacial score (nSPS) is 36.0. The minimum absolute atomic E-state index is 0.227. The van der Waals surface area contributed by atoms with Crippen LogP contribution in [0.15, 0.2) is 0 Å². The van der Waals surface area contributed by atoms with Crippen molar-refractivity contribution in [2.24, 2.45) is 0 Å². The minimum atomic E-state index is 0.227. The van der Waals surface area contributed by atoms with Gasteiger partial charge in [0.25, 0.3) is 0 Å². The molecular weight excluding hydrogens is 151 g/mol. The van der Waals surface area contributed by atoms with E-state index in [0.717, 1.165) is 5.66 Å². The van der Waals surface area contributed by atoms with E-state index in [2.05, 4.69) is 13.3 Å². The Labute approximate surface area is 63.7 Å². The summed E-state index contributed by atoms with van der Waals surface area (Å²) in [5.74, 6) is 0. The molecule has 0 spiro atoms. The van der Waals surface area contributed by atoms with E-state index in [4.69, 9.17) is 11.6 Å². The van der Waals surface area contributed by atoms with Crippen LogP contribution in [0.2, 0.25) is 0 Å². The number of hydrogen-bond donors (Lipinski definition) is 0. The van der Waals surface area contributed by atoms with E-state index in [1.807, 2.05) is 0 Å². The maximum absolute atomic E-state index is 6.09. The molecule has 0 aromatic carbocycles. The quantitative estimate of drug-likeness (QED) is 0.413. The molecule has 0 nitrogen and oxygen atoms in total. The zero-order valence-electron chi connectivity index (χ0n) is 6.10. The first-order valence-corrected chi connectivity index (χ1v) is 6.26. The van der Waals surface area contributed by atoms with Gasteiger partial charge in [-0.15, -0.1) is 19.5 Å². The highest BCUT2D eigenvalue weighted by Crippen LogP contribution is 2.44. The maximum Gasteiger partial charge on any atom is 0.0403 e. The van der Waals surface area contributed by atoms with E-state index in [9.17, 15) is 0 Å². The van der Waals surface area contributed by atoms with Crippen molar-refractivity contribution in [3.8, 4) is 0 Å². The molecule has 0 heterocycles. The zero-order chi connectivity index (χ0) is 6.85. The van der Waals surface area contributed by atoms with Gasteiger partial charge in [-0.3, -0.25) is 0 Å². The van der Waals surface area contributed by atoms with Crippen LogP contribution in [0.25, 0.3) is 0 Å². The summed E-state index contributed by atoms with van der Waals surface area (Å²) in [5, 5.41) is 0.506. The molecule has 1 saturated carbocycles. The summed E-state index contributed by atoms with van der Waals surface area (Å²) in [5.41, 5.74) is 0.863. The van der Waals surface area contributed by atoms with E-state index in [1.54, 1.807) is 0 Å². The van der Waals surface area contributed by atoms with Gasteiger partial charge in [0.15, 0.2) is 0 Å².